The molecule has 3 rings (SSSR count). The van der Waals surface area contributed by atoms with E-state index in [2.05, 4.69) is 20.9 Å². The molecule has 0 spiro atoms. The molecule has 2 aromatic carbocycles. The van der Waals surface area contributed by atoms with E-state index in [0.29, 0.717) is 17.0 Å². The Hall–Kier alpha value is -1.60. The van der Waals surface area contributed by atoms with E-state index in [0.717, 1.165) is 26.3 Å². The number of rotatable bonds is 2. The second-order valence-electron chi connectivity index (χ2n) is 4.58. The maximum Gasteiger partial charge on any atom is 0.416 e. The average Bonchev–Trinajstić information content (AvgIpc) is 2.84. The van der Waals surface area contributed by atoms with Gasteiger partial charge >= 0.3 is 6.18 Å². The Balaban J connectivity index is 1.95. The first-order valence-corrected chi connectivity index (χ1v) is 7.86. The number of halogens is 4. The highest BCUT2D eigenvalue weighted by Crippen LogP contribution is 2.38. The summed E-state index contributed by atoms with van der Waals surface area (Å²) < 4.78 is 45.2. The molecular weight excluding hydrogens is 379 g/mol. The highest BCUT2D eigenvalue weighted by Gasteiger charge is 2.30. The van der Waals surface area contributed by atoms with Crippen LogP contribution in [0.3, 0.4) is 0 Å². The van der Waals surface area contributed by atoms with Gasteiger partial charge in [-0.3, -0.25) is 0 Å². The van der Waals surface area contributed by atoms with Gasteiger partial charge in [-0.15, -0.1) is 11.3 Å². The SMILES string of the molecule is Cc1nc2c(Oc3ccc(C(F)(F)F)cc3)ccc(Br)c2s1. The van der Waals surface area contributed by atoms with Gasteiger partial charge in [-0.2, -0.15) is 13.2 Å². The summed E-state index contributed by atoms with van der Waals surface area (Å²) in [4.78, 5) is 4.41. The Morgan fingerprint density at radius 1 is 1.09 bits per heavy atom. The van der Waals surface area contributed by atoms with Gasteiger partial charge in [-0.25, -0.2) is 4.98 Å². The molecule has 0 saturated carbocycles. The molecule has 1 heterocycles. The molecule has 0 amide bonds. The Bertz CT molecular complexity index is 827. The van der Waals surface area contributed by atoms with Crippen LogP contribution in [-0.4, -0.2) is 4.98 Å². The first-order valence-electron chi connectivity index (χ1n) is 6.25. The van der Waals surface area contributed by atoms with Gasteiger partial charge in [-0.05, 0) is 59.3 Å². The maximum absolute atomic E-state index is 12.5. The van der Waals surface area contributed by atoms with Crippen molar-refractivity contribution in [2.75, 3.05) is 0 Å². The van der Waals surface area contributed by atoms with Gasteiger partial charge < -0.3 is 4.74 Å². The van der Waals surface area contributed by atoms with Crippen LogP contribution in [0, 0.1) is 6.92 Å². The second-order valence-corrected chi connectivity index (χ2v) is 6.64. The highest BCUT2D eigenvalue weighted by molar-refractivity contribution is 9.10. The standard InChI is InChI=1S/C15H9BrF3NOS/c1-8-20-13-12(7-6-11(16)14(13)22-8)21-10-4-2-9(3-5-10)15(17,18)19/h2-7H,1H3. The number of ether oxygens (including phenoxy) is 1. The molecule has 7 heteroatoms. The van der Waals surface area contributed by atoms with E-state index in [1.165, 1.54) is 23.5 Å². The molecule has 0 radical (unpaired) electrons. The van der Waals surface area contributed by atoms with Gasteiger partial charge in [0.05, 0.1) is 15.3 Å². The van der Waals surface area contributed by atoms with Crippen molar-refractivity contribution < 1.29 is 17.9 Å². The van der Waals surface area contributed by atoms with Crippen LogP contribution in [-0.2, 0) is 6.18 Å². The summed E-state index contributed by atoms with van der Waals surface area (Å²) in [6.45, 7) is 1.89. The molecule has 0 aliphatic rings. The van der Waals surface area contributed by atoms with Gasteiger partial charge in [-0.1, -0.05) is 0 Å². The first kappa shape index (κ1) is 15.3. The lowest BCUT2D eigenvalue weighted by Crippen LogP contribution is -2.04. The van der Waals surface area contributed by atoms with E-state index in [-0.39, 0.29) is 0 Å². The molecular formula is C15H9BrF3NOS. The summed E-state index contributed by atoms with van der Waals surface area (Å²) in [7, 11) is 0. The van der Waals surface area contributed by atoms with Gasteiger partial charge in [0.15, 0.2) is 5.75 Å². The third-order valence-corrected chi connectivity index (χ3v) is 4.90. The van der Waals surface area contributed by atoms with Crippen LogP contribution < -0.4 is 4.74 Å². The summed E-state index contributed by atoms with van der Waals surface area (Å²) in [5.74, 6) is 0.851. The third kappa shape index (κ3) is 2.96. The molecule has 0 aliphatic heterocycles. The van der Waals surface area contributed by atoms with Gasteiger partial charge in [0.25, 0.3) is 0 Å². The largest absolute Gasteiger partial charge is 0.455 e. The fraction of sp³-hybridized carbons (Fsp3) is 0.133. The van der Waals surface area contributed by atoms with Crippen LogP contribution in [0.4, 0.5) is 13.2 Å². The van der Waals surface area contributed by atoms with E-state index in [1.807, 2.05) is 13.0 Å². The molecule has 3 aromatic rings. The molecule has 2 nitrogen and oxygen atoms in total. The van der Waals surface area contributed by atoms with E-state index in [9.17, 15) is 13.2 Å². The fourth-order valence-electron chi connectivity index (χ4n) is 1.98. The van der Waals surface area contributed by atoms with E-state index < -0.39 is 11.7 Å². The summed E-state index contributed by atoms with van der Waals surface area (Å²) in [5, 5.41) is 0.888. The predicted octanol–water partition coefficient (Wildman–Crippen LogP) is 6.18. The van der Waals surface area contributed by atoms with Crippen molar-refractivity contribution in [1.29, 1.82) is 0 Å². The first-order chi connectivity index (χ1) is 10.3. The van der Waals surface area contributed by atoms with Crippen LogP contribution in [0.25, 0.3) is 10.2 Å². The van der Waals surface area contributed by atoms with Crippen molar-refractivity contribution in [1.82, 2.24) is 4.98 Å². The van der Waals surface area contributed by atoms with Crippen molar-refractivity contribution in [3.63, 3.8) is 0 Å². The van der Waals surface area contributed by atoms with Crippen molar-refractivity contribution in [2.45, 2.75) is 13.1 Å². The number of alkyl halides is 3. The molecule has 0 saturated heterocycles. The van der Waals surface area contributed by atoms with Gasteiger partial charge in [0, 0.05) is 4.47 Å². The predicted molar refractivity (Wildman–Crippen MR) is 83.6 cm³/mol. The number of benzene rings is 2. The summed E-state index contributed by atoms with van der Waals surface area (Å²) >= 11 is 4.97. The van der Waals surface area contributed by atoms with Gasteiger partial charge in [0.2, 0.25) is 0 Å². The average molecular weight is 388 g/mol. The Labute approximate surface area is 136 Å². The lowest BCUT2D eigenvalue weighted by atomic mass is 10.2. The molecule has 0 fully saturated rings. The van der Waals surface area contributed by atoms with Crippen LogP contribution in [0.2, 0.25) is 0 Å². The third-order valence-electron chi connectivity index (χ3n) is 2.97. The molecule has 1 aromatic heterocycles. The molecule has 0 unspecified atom stereocenters. The van der Waals surface area contributed by atoms with Crippen molar-refractivity contribution >= 4 is 37.5 Å². The number of nitrogens with zero attached hydrogens (tertiary/aromatic N) is 1. The molecule has 114 valence electrons. The lowest BCUT2D eigenvalue weighted by molar-refractivity contribution is -0.137. The topological polar surface area (TPSA) is 22.1 Å². The Kier molecular flexibility index (Phi) is 3.86. The number of hydrogen-bond donors (Lipinski definition) is 0. The fourth-order valence-corrected chi connectivity index (χ4v) is 3.38. The zero-order valence-electron chi connectivity index (χ0n) is 11.2. The normalized spacial score (nSPS) is 11.9. The quantitative estimate of drug-likeness (QED) is 0.523. The van der Waals surface area contributed by atoms with E-state index in [1.54, 1.807) is 6.07 Å². The summed E-state index contributed by atoms with van der Waals surface area (Å²) in [6, 6.07) is 8.17. The van der Waals surface area contributed by atoms with Crippen LogP contribution in [0.15, 0.2) is 40.9 Å². The van der Waals surface area contributed by atoms with Crippen LogP contribution >= 0.6 is 27.3 Å². The maximum atomic E-state index is 12.5. The van der Waals surface area contributed by atoms with Crippen LogP contribution in [0.1, 0.15) is 10.6 Å². The zero-order valence-corrected chi connectivity index (χ0v) is 13.6. The number of aromatic nitrogens is 1. The minimum atomic E-state index is -4.35. The lowest BCUT2D eigenvalue weighted by Gasteiger charge is -2.09. The molecule has 0 N–H and O–H groups in total. The second kappa shape index (κ2) is 5.55. The number of aryl methyl sites for hydroxylation is 1. The smallest absolute Gasteiger partial charge is 0.416 e. The monoisotopic (exact) mass is 387 g/mol. The Morgan fingerprint density at radius 2 is 1.77 bits per heavy atom. The molecule has 22 heavy (non-hydrogen) atoms. The van der Waals surface area contributed by atoms with Crippen molar-refractivity contribution in [2.24, 2.45) is 0 Å². The van der Waals surface area contributed by atoms with E-state index in [4.69, 9.17) is 4.74 Å². The number of fused-ring (bicyclic) bond motifs is 1. The number of hydrogen-bond acceptors (Lipinski definition) is 3. The number of thiazole rings is 1. The van der Waals surface area contributed by atoms with Crippen LogP contribution in [0.5, 0.6) is 11.5 Å². The zero-order chi connectivity index (χ0) is 15.9. The minimum Gasteiger partial charge on any atom is -0.455 e. The highest BCUT2D eigenvalue weighted by atomic mass is 79.9. The molecule has 0 atom stereocenters. The molecule has 0 aliphatic carbocycles. The van der Waals surface area contributed by atoms with Gasteiger partial charge in [0.1, 0.15) is 11.3 Å². The summed E-state index contributed by atoms with van der Waals surface area (Å²) in [5.41, 5.74) is -0.0120. The summed E-state index contributed by atoms with van der Waals surface area (Å²) in [6.07, 6.45) is -4.35. The van der Waals surface area contributed by atoms with E-state index >= 15 is 0 Å². The molecule has 0 bridgehead atoms. The van der Waals surface area contributed by atoms with Crippen molar-refractivity contribution in [3.05, 3.63) is 51.4 Å². The van der Waals surface area contributed by atoms with Crippen molar-refractivity contribution in [3.8, 4) is 11.5 Å². The Morgan fingerprint density at radius 3 is 2.41 bits per heavy atom. The minimum absolute atomic E-state index is 0.335.